The highest BCUT2D eigenvalue weighted by Gasteiger charge is 2.26. The second-order valence-corrected chi connectivity index (χ2v) is 5.38. The third-order valence-corrected chi connectivity index (χ3v) is 3.68. The van der Waals surface area contributed by atoms with Crippen molar-refractivity contribution < 1.29 is 13.6 Å². The van der Waals surface area contributed by atoms with Crippen molar-refractivity contribution in [2.75, 3.05) is 27.2 Å². The van der Waals surface area contributed by atoms with E-state index in [4.69, 9.17) is 11.6 Å². The average Bonchev–Trinajstić information content (AvgIpc) is 2.56. The standard InChI is InChI=1S/C12H17ClF2N4O/c1-17-4-3-5-19-8(6-17)10(13)11(16-19)12(20)18(2)7-9(14)15/h9H,3-7H2,1-2H3. The summed E-state index contributed by atoms with van der Waals surface area (Å²) in [6.07, 6.45) is -1.67. The molecule has 8 heteroatoms. The first kappa shape index (κ1) is 15.2. The van der Waals surface area contributed by atoms with Crippen LogP contribution in [0.5, 0.6) is 0 Å². The molecule has 0 aliphatic carbocycles. The molecule has 0 unspecified atom stereocenters. The fraction of sp³-hybridized carbons (Fsp3) is 0.667. The molecular formula is C12H17ClF2N4O. The van der Waals surface area contributed by atoms with Gasteiger partial charge in [0.1, 0.15) is 0 Å². The molecule has 1 aliphatic heterocycles. The van der Waals surface area contributed by atoms with Crippen LogP contribution >= 0.6 is 11.6 Å². The van der Waals surface area contributed by atoms with Crippen LogP contribution in [0.3, 0.4) is 0 Å². The fourth-order valence-electron chi connectivity index (χ4n) is 2.24. The van der Waals surface area contributed by atoms with E-state index in [0.717, 1.165) is 23.6 Å². The number of carbonyl (C=O) groups excluding carboxylic acids is 1. The van der Waals surface area contributed by atoms with Crippen LogP contribution < -0.4 is 0 Å². The minimum absolute atomic E-state index is 0.0557. The SMILES string of the molecule is CN1CCCn2nc(C(=O)N(C)CC(F)F)c(Cl)c2C1. The summed E-state index contributed by atoms with van der Waals surface area (Å²) in [5, 5.41) is 4.46. The summed E-state index contributed by atoms with van der Waals surface area (Å²) in [5.74, 6) is -0.571. The maximum atomic E-state index is 12.3. The Labute approximate surface area is 121 Å². The molecule has 0 radical (unpaired) electrons. The molecule has 0 saturated heterocycles. The fourth-order valence-corrected chi connectivity index (χ4v) is 2.52. The van der Waals surface area contributed by atoms with Gasteiger partial charge in [0.2, 0.25) is 0 Å². The molecule has 0 saturated carbocycles. The molecule has 1 aromatic rings. The lowest BCUT2D eigenvalue weighted by atomic mass is 10.3. The normalized spacial score (nSPS) is 16.1. The Morgan fingerprint density at radius 1 is 1.50 bits per heavy atom. The Hall–Kier alpha value is -1.21. The predicted octanol–water partition coefficient (Wildman–Crippen LogP) is 1.71. The minimum Gasteiger partial charge on any atom is -0.335 e. The Morgan fingerprint density at radius 3 is 2.85 bits per heavy atom. The zero-order valence-corrected chi connectivity index (χ0v) is 12.2. The highest BCUT2D eigenvalue weighted by molar-refractivity contribution is 6.34. The van der Waals surface area contributed by atoms with Crippen LogP contribution in [-0.2, 0) is 13.1 Å². The van der Waals surface area contributed by atoms with Crippen LogP contribution in [0.1, 0.15) is 22.6 Å². The van der Waals surface area contributed by atoms with Crippen molar-refractivity contribution in [1.29, 1.82) is 0 Å². The van der Waals surface area contributed by atoms with E-state index in [0.29, 0.717) is 13.1 Å². The van der Waals surface area contributed by atoms with Gasteiger partial charge in [0.05, 0.1) is 17.3 Å². The van der Waals surface area contributed by atoms with Crippen molar-refractivity contribution in [3.8, 4) is 0 Å². The second-order valence-electron chi connectivity index (χ2n) is 5.00. The van der Waals surface area contributed by atoms with Gasteiger partial charge in [-0.3, -0.25) is 9.48 Å². The smallest absolute Gasteiger partial charge is 0.275 e. The Kier molecular flexibility index (Phi) is 4.59. The maximum Gasteiger partial charge on any atom is 0.275 e. The van der Waals surface area contributed by atoms with Gasteiger partial charge in [-0.05, 0) is 13.5 Å². The van der Waals surface area contributed by atoms with Gasteiger partial charge in [-0.15, -0.1) is 0 Å². The van der Waals surface area contributed by atoms with E-state index >= 15 is 0 Å². The van der Waals surface area contributed by atoms with Crippen molar-refractivity contribution >= 4 is 17.5 Å². The molecule has 1 amide bonds. The van der Waals surface area contributed by atoms with Crippen LogP contribution in [0, 0.1) is 0 Å². The van der Waals surface area contributed by atoms with Crippen LogP contribution in [-0.4, -0.2) is 59.1 Å². The molecule has 112 valence electrons. The number of aryl methyl sites for hydroxylation is 1. The maximum absolute atomic E-state index is 12.3. The Bertz CT molecular complexity index is 506. The number of rotatable bonds is 3. The topological polar surface area (TPSA) is 41.4 Å². The van der Waals surface area contributed by atoms with Crippen LogP contribution in [0.2, 0.25) is 5.02 Å². The Balaban J connectivity index is 2.26. The highest BCUT2D eigenvalue weighted by Crippen LogP contribution is 2.25. The van der Waals surface area contributed by atoms with Gasteiger partial charge in [0.15, 0.2) is 5.69 Å². The summed E-state index contributed by atoms with van der Waals surface area (Å²) in [4.78, 5) is 15.1. The quantitative estimate of drug-likeness (QED) is 0.854. The number of carbonyl (C=O) groups is 1. The van der Waals surface area contributed by atoms with Crippen molar-refractivity contribution in [2.45, 2.75) is 25.9 Å². The number of hydrogen-bond acceptors (Lipinski definition) is 3. The van der Waals surface area contributed by atoms with E-state index in [9.17, 15) is 13.6 Å². The van der Waals surface area contributed by atoms with Crippen LogP contribution in [0.15, 0.2) is 0 Å². The number of fused-ring (bicyclic) bond motifs is 1. The van der Waals surface area contributed by atoms with Crippen molar-refractivity contribution in [3.63, 3.8) is 0 Å². The largest absolute Gasteiger partial charge is 0.335 e. The third-order valence-electron chi connectivity index (χ3n) is 3.28. The number of amides is 1. The lowest BCUT2D eigenvalue weighted by molar-refractivity contribution is 0.0614. The summed E-state index contributed by atoms with van der Waals surface area (Å²) < 4.78 is 26.4. The molecule has 0 bridgehead atoms. The predicted molar refractivity (Wildman–Crippen MR) is 71.2 cm³/mol. The molecule has 0 spiro atoms. The Morgan fingerprint density at radius 2 is 2.20 bits per heavy atom. The molecule has 0 fully saturated rings. The van der Waals surface area contributed by atoms with Gasteiger partial charge < -0.3 is 9.80 Å². The first-order valence-corrected chi connectivity index (χ1v) is 6.75. The van der Waals surface area contributed by atoms with E-state index in [-0.39, 0.29) is 10.7 Å². The summed E-state index contributed by atoms with van der Waals surface area (Å²) in [6.45, 7) is 1.56. The van der Waals surface area contributed by atoms with Gasteiger partial charge in [0, 0.05) is 26.7 Å². The number of halogens is 3. The number of hydrogen-bond donors (Lipinski definition) is 0. The zero-order chi connectivity index (χ0) is 14.9. The molecule has 5 nitrogen and oxygen atoms in total. The van der Waals surface area contributed by atoms with Gasteiger partial charge in [-0.1, -0.05) is 11.6 Å². The molecule has 2 rings (SSSR count). The molecule has 0 aromatic carbocycles. The zero-order valence-electron chi connectivity index (χ0n) is 11.4. The summed E-state index contributed by atoms with van der Waals surface area (Å²) in [5.41, 5.74) is 0.820. The molecular weight excluding hydrogens is 290 g/mol. The van der Waals surface area contributed by atoms with Crippen LogP contribution in [0.25, 0.3) is 0 Å². The molecule has 2 heterocycles. The van der Waals surface area contributed by atoms with Crippen LogP contribution in [0.4, 0.5) is 8.78 Å². The summed E-state index contributed by atoms with van der Waals surface area (Å²) in [7, 11) is 3.28. The minimum atomic E-state index is -2.57. The van der Waals surface area contributed by atoms with Crippen molar-refractivity contribution in [2.24, 2.45) is 0 Å². The molecule has 0 N–H and O–H groups in total. The van der Waals surface area contributed by atoms with E-state index in [2.05, 4.69) is 10.00 Å². The average molecular weight is 307 g/mol. The second kappa shape index (κ2) is 6.05. The summed E-state index contributed by atoms with van der Waals surface area (Å²) >= 11 is 6.21. The molecule has 1 aromatic heterocycles. The van der Waals surface area contributed by atoms with Gasteiger partial charge >= 0.3 is 0 Å². The van der Waals surface area contributed by atoms with Gasteiger partial charge in [-0.2, -0.15) is 5.10 Å². The third kappa shape index (κ3) is 3.09. The molecule has 20 heavy (non-hydrogen) atoms. The van der Waals surface area contributed by atoms with Gasteiger partial charge in [-0.25, -0.2) is 8.78 Å². The highest BCUT2D eigenvalue weighted by atomic mass is 35.5. The number of aromatic nitrogens is 2. The first-order valence-electron chi connectivity index (χ1n) is 6.37. The molecule has 0 atom stereocenters. The lowest BCUT2D eigenvalue weighted by Gasteiger charge is -2.15. The summed E-state index contributed by atoms with van der Waals surface area (Å²) in [6, 6.07) is 0. The van der Waals surface area contributed by atoms with E-state index in [1.807, 2.05) is 7.05 Å². The molecule has 1 aliphatic rings. The van der Waals surface area contributed by atoms with E-state index in [1.165, 1.54) is 7.05 Å². The monoisotopic (exact) mass is 306 g/mol. The first-order chi connectivity index (χ1) is 9.40. The number of nitrogens with zero attached hydrogens (tertiary/aromatic N) is 4. The van der Waals surface area contributed by atoms with Gasteiger partial charge in [0.25, 0.3) is 12.3 Å². The van der Waals surface area contributed by atoms with Crippen molar-refractivity contribution in [1.82, 2.24) is 19.6 Å². The lowest BCUT2D eigenvalue weighted by Crippen LogP contribution is -2.31. The van der Waals surface area contributed by atoms with Crippen molar-refractivity contribution in [3.05, 3.63) is 16.4 Å². The van der Waals surface area contributed by atoms with E-state index in [1.54, 1.807) is 4.68 Å². The number of alkyl halides is 2. The van der Waals surface area contributed by atoms with E-state index < -0.39 is 18.9 Å².